The van der Waals surface area contributed by atoms with Crippen LogP contribution < -0.4 is 15.5 Å². The Morgan fingerprint density at radius 3 is 2.40 bits per heavy atom. The predicted octanol–water partition coefficient (Wildman–Crippen LogP) is 3.15. The zero-order chi connectivity index (χ0) is 16.9. The second kappa shape index (κ2) is 8.50. The first-order chi connectivity index (χ1) is 12.4. The van der Waals surface area contributed by atoms with Crippen molar-refractivity contribution in [2.24, 2.45) is 11.8 Å². The molecule has 4 nitrogen and oxygen atoms in total. The minimum absolute atomic E-state index is 0.658. The number of piperidine rings is 3. The molecule has 3 aliphatic rings. The van der Waals surface area contributed by atoms with Crippen LogP contribution in [0.1, 0.15) is 56.4 Å². The Kier molecular flexibility index (Phi) is 5.88. The SMILES string of the molecule is c1cc(N2CCC(CC3CCNCC3)CC2)ncc1C1CCCNC1. The summed E-state index contributed by atoms with van der Waals surface area (Å²) in [7, 11) is 0. The van der Waals surface area contributed by atoms with Crippen LogP contribution in [0.25, 0.3) is 0 Å². The summed E-state index contributed by atoms with van der Waals surface area (Å²) >= 11 is 0. The number of hydrogen-bond donors (Lipinski definition) is 2. The standard InChI is InChI=1S/C21H34N4/c1-2-19(15-23-9-1)20-3-4-21(24-16-20)25-12-7-18(8-13-25)14-17-5-10-22-11-6-17/h3-4,16-19,22-23H,1-2,5-15H2. The fourth-order valence-electron chi connectivity index (χ4n) is 4.95. The van der Waals surface area contributed by atoms with Crippen molar-refractivity contribution >= 4 is 5.82 Å². The molecule has 138 valence electrons. The molecule has 0 aromatic carbocycles. The summed E-state index contributed by atoms with van der Waals surface area (Å²) in [5.74, 6) is 3.75. The number of nitrogens with zero attached hydrogens (tertiary/aromatic N) is 2. The molecule has 4 heterocycles. The summed E-state index contributed by atoms with van der Waals surface area (Å²) in [6.07, 6.45) is 11.6. The number of rotatable bonds is 4. The highest BCUT2D eigenvalue weighted by atomic mass is 15.2. The normalized spacial score (nSPS) is 26.7. The van der Waals surface area contributed by atoms with Crippen molar-refractivity contribution in [1.29, 1.82) is 0 Å². The van der Waals surface area contributed by atoms with Crippen LogP contribution in [0.5, 0.6) is 0 Å². The highest BCUT2D eigenvalue weighted by Gasteiger charge is 2.24. The van der Waals surface area contributed by atoms with Crippen molar-refractivity contribution in [3.8, 4) is 0 Å². The highest BCUT2D eigenvalue weighted by molar-refractivity contribution is 5.40. The smallest absolute Gasteiger partial charge is 0.128 e. The molecule has 25 heavy (non-hydrogen) atoms. The fraction of sp³-hybridized carbons (Fsp3) is 0.762. The van der Waals surface area contributed by atoms with Crippen LogP contribution in [0, 0.1) is 11.8 Å². The van der Waals surface area contributed by atoms with E-state index < -0.39 is 0 Å². The Labute approximate surface area is 152 Å². The van der Waals surface area contributed by atoms with Crippen molar-refractivity contribution in [2.45, 2.75) is 50.9 Å². The van der Waals surface area contributed by atoms with Gasteiger partial charge in [-0.05, 0) is 94.0 Å². The van der Waals surface area contributed by atoms with Gasteiger partial charge in [-0.3, -0.25) is 0 Å². The Bertz CT molecular complexity index is 509. The van der Waals surface area contributed by atoms with Gasteiger partial charge in [0, 0.05) is 25.8 Å². The zero-order valence-corrected chi connectivity index (χ0v) is 15.6. The van der Waals surface area contributed by atoms with Crippen LogP contribution in [0.4, 0.5) is 5.82 Å². The molecule has 1 aromatic rings. The average Bonchev–Trinajstić information content (AvgIpc) is 2.70. The van der Waals surface area contributed by atoms with Gasteiger partial charge < -0.3 is 15.5 Å². The van der Waals surface area contributed by atoms with Gasteiger partial charge in [0.25, 0.3) is 0 Å². The Morgan fingerprint density at radius 2 is 1.72 bits per heavy atom. The molecule has 1 atom stereocenters. The van der Waals surface area contributed by atoms with Gasteiger partial charge in [0.15, 0.2) is 0 Å². The first kappa shape index (κ1) is 17.3. The average molecular weight is 343 g/mol. The van der Waals surface area contributed by atoms with E-state index in [1.54, 1.807) is 0 Å². The van der Waals surface area contributed by atoms with Crippen LogP contribution >= 0.6 is 0 Å². The molecule has 1 aromatic heterocycles. The first-order valence-corrected chi connectivity index (χ1v) is 10.5. The van der Waals surface area contributed by atoms with Gasteiger partial charge in [-0.15, -0.1) is 0 Å². The molecular weight excluding hydrogens is 308 g/mol. The predicted molar refractivity (Wildman–Crippen MR) is 104 cm³/mol. The lowest BCUT2D eigenvalue weighted by Gasteiger charge is -2.35. The zero-order valence-electron chi connectivity index (χ0n) is 15.6. The maximum Gasteiger partial charge on any atom is 0.128 e. The van der Waals surface area contributed by atoms with Gasteiger partial charge >= 0.3 is 0 Å². The minimum Gasteiger partial charge on any atom is -0.357 e. The molecular formula is C21H34N4. The summed E-state index contributed by atoms with van der Waals surface area (Å²) in [6.45, 7) is 7.13. The van der Waals surface area contributed by atoms with Crippen molar-refractivity contribution in [3.05, 3.63) is 23.9 Å². The van der Waals surface area contributed by atoms with E-state index in [9.17, 15) is 0 Å². The molecule has 3 aliphatic heterocycles. The molecule has 4 rings (SSSR count). The summed E-state index contributed by atoms with van der Waals surface area (Å²) < 4.78 is 0. The van der Waals surface area contributed by atoms with Crippen molar-refractivity contribution < 1.29 is 0 Å². The third-order valence-electron chi connectivity index (χ3n) is 6.60. The maximum atomic E-state index is 4.81. The monoisotopic (exact) mass is 342 g/mol. The fourth-order valence-corrected chi connectivity index (χ4v) is 4.95. The topological polar surface area (TPSA) is 40.2 Å². The van der Waals surface area contributed by atoms with Gasteiger partial charge in [0.2, 0.25) is 0 Å². The molecule has 0 aliphatic carbocycles. The number of aromatic nitrogens is 1. The van der Waals surface area contributed by atoms with Crippen molar-refractivity contribution in [2.75, 3.05) is 44.2 Å². The number of nitrogens with one attached hydrogen (secondary N) is 2. The molecule has 2 N–H and O–H groups in total. The van der Waals surface area contributed by atoms with E-state index in [1.807, 2.05) is 0 Å². The van der Waals surface area contributed by atoms with Crippen molar-refractivity contribution in [3.63, 3.8) is 0 Å². The Balaban J connectivity index is 1.27. The van der Waals surface area contributed by atoms with Gasteiger partial charge in [0.05, 0.1) is 0 Å². The van der Waals surface area contributed by atoms with E-state index in [-0.39, 0.29) is 0 Å². The molecule has 0 amide bonds. The molecule has 0 radical (unpaired) electrons. The lowest BCUT2D eigenvalue weighted by Crippen LogP contribution is -2.36. The molecule has 1 unspecified atom stereocenters. The Hall–Kier alpha value is -1.13. The van der Waals surface area contributed by atoms with Gasteiger partial charge in [-0.25, -0.2) is 4.98 Å². The summed E-state index contributed by atoms with van der Waals surface area (Å²) in [5, 5.41) is 7.00. The van der Waals surface area contributed by atoms with E-state index in [1.165, 1.54) is 89.1 Å². The third kappa shape index (κ3) is 4.53. The summed E-state index contributed by atoms with van der Waals surface area (Å²) in [6, 6.07) is 4.58. The summed E-state index contributed by atoms with van der Waals surface area (Å²) in [4.78, 5) is 7.31. The second-order valence-electron chi connectivity index (χ2n) is 8.35. The molecule has 0 saturated carbocycles. The third-order valence-corrected chi connectivity index (χ3v) is 6.60. The molecule has 0 spiro atoms. The number of pyridine rings is 1. The van der Waals surface area contributed by atoms with E-state index >= 15 is 0 Å². The number of anilines is 1. The maximum absolute atomic E-state index is 4.81. The summed E-state index contributed by atoms with van der Waals surface area (Å²) in [5.41, 5.74) is 1.41. The van der Waals surface area contributed by atoms with Crippen LogP contribution in [0.15, 0.2) is 18.3 Å². The largest absolute Gasteiger partial charge is 0.357 e. The van der Waals surface area contributed by atoms with Crippen molar-refractivity contribution in [1.82, 2.24) is 15.6 Å². The lowest BCUT2D eigenvalue weighted by atomic mass is 9.83. The molecule has 4 heteroatoms. The first-order valence-electron chi connectivity index (χ1n) is 10.5. The Morgan fingerprint density at radius 1 is 0.920 bits per heavy atom. The van der Waals surface area contributed by atoms with Crippen LogP contribution in [0.2, 0.25) is 0 Å². The number of hydrogen-bond acceptors (Lipinski definition) is 4. The van der Waals surface area contributed by atoms with E-state index in [4.69, 9.17) is 4.98 Å². The highest BCUT2D eigenvalue weighted by Crippen LogP contribution is 2.30. The molecule has 3 saturated heterocycles. The van der Waals surface area contributed by atoms with Gasteiger partial charge in [-0.1, -0.05) is 6.07 Å². The molecule has 0 bridgehead atoms. The second-order valence-corrected chi connectivity index (χ2v) is 8.35. The minimum atomic E-state index is 0.658. The molecule has 3 fully saturated rings. The van der Waals surface area contributed by atoms with Crippen LogP contribution in [-0.2, 0) is 0 Å². The van der Waals surface area contributed by atoms with E-state index in [0.717, 1.165) is 18.4 Å². The van der Waals surface area contributed by atoms with Crippen LogP contribution in [0.3, 0.4) is 0 Å². The van der Waals surface area contributed by atoms with Gasteiger partial charge in [-0.2, -0.15) is 0 Å². The lowest BCUT2D eigenvalue weighted by molar-refractivity contribution is 0.268. The van der Waals surface area contributed by atoms with Gasteiger partial charge in [0.1, 0.15) is 5.82 Å². The van der Waals surface area contributed by atoms with E-state index in [2.05, 4.69) is 33.9 Å². The van der Waals surface area contributed by atoms with Crippen LogP contribution in [-0.4, -0.2) is 44.3 Å². The van der Waals surface area contributed by atoms with E-state index in [0.29, 0.717) is 5.92 Å². The quantitative estimate of drug-likeness (QED) is 0.882.